The largest absolute Gasteiger partial charge is 0.489 e. The molecule has 2 N–H and O–H groups in total. The summed E-state index contributed by atoms with van der Waals surface area (Å²) in [6.45, 7) is 0.420. The highest BCUT2D eigenvalue weighted by molar-refractivity contribution is 7.74. The quantitative estimate of drug-likeness (QED) is 0.580. The molecule has 0 aliphatic carbocycles. The molecule has 0 spiro atoms. The SMILES string of the molecule is COC(=O)C(C(N)c1ccc(OCc2ccccc2)cc1)[SH](=O)=O. The number of carbonyl (C=O) groups is 1. The summed E-state index contributed by atoms with van der Waals surface area (Å²) in [5.41, 5.74) is 7.45. The molecule has 0 fully saturated rings. The predicted molar refractivity (Wildman–Crippen MR) is 90.3 cm³/mol. The summed E-state index contributed by atoms with van der Waals surface area (Å²) in [4.78, 5) is 11.6. The third-order valence-corrected chi connectivity index (χ3v) is 4.51. The molecule has 2 aromatic rings. The van der Waals surface area contributed by atoms with Crippen molar-refractivity contribution in [3.05, 3.63) is 65.7 Å². The molecule has 7 heteroatoms. The first-order valence-electron chi connectivity index (χ1n) is 7.26. The van der Waals surface area contributed by atoms with Crippen LogP contribution in [0.3, 0.4) is 0 Å². The Balaban J connectivity index is 2.06. The monoisotopic (exact) mass is 349 g/mol. The smallest absolute Gasteiger partial charge is 0.325 e. The van der Waals surface area contributed by atoms with Gasteiger partial charge in [0.25, 0.3) is 0 Å². The Morgan fingerprint density at radius 2 is 1.71 bits per heavy atom. The van der Waals surface area contributed by atoms with Crippen molar-refractivity contribution >= 4 is 16.7 Å². The molecular formula is C17H19NO5S. The van der Waals surface area contributed by atoms with Crippen molar-refractivity contribution in [2.24, 2.45) is 5.73 Å². The number of ether oxygens (including phenoxy) is 2. The van der Waals surface area contributed by atoms with Crippen LogP contribution in [0.5, 0.6) is 5.75 Å². The van der Waals surface area contributed by atoms with Gasteiger partial charge in [-0.25, -0.2) is 8.42 Å². The third-order valence-electron chi connectivity index (χ3n) is 3.52. The lowest BCUT2D eigenvalue weighted by Gasteiger charge is -2.17. The number of carbonyl (C=O) groups excluding carboxylic acids is 1. The van der Waals surface area contributed by atoms with E-state index in [0.717, 1.165) is 12.7 Å². The number of thiol groups is 1. The number of rotatable bonds is 7. The standard InChI is InChI=1S/C17H19NO5S/c1-22-17(19)16(24(20)21)15(18)13-7-9-14(10-8-13)23-11-12-5-3-2-4-6-12/h2-10,15-16,24H,11,18H2,1H3. The van der Waals surface area contributed by atoms with E-state index in [2.05, 4.69) is 4.74 Å². The molecule has 2 atom stereocenters. The van der Waals surface area contributed by atoms with Gasteiger partial charge in [-0.15, -0.1) is 0 Å². The van der Waals surface area contributed by atoms with Crippen LogP contribution < -0.4 is 10.5 Å². The Labute approximate surface area is 142 Å². The average molecular weight is 349 g/mol. The molecule has 0 saturated heterocycles. The summed E-state index contributed by atoms with van der Waals surface area (Å²) in [5, 5.41) is -1.42. The van der Waals surface area contributed by atoms with Crippen molar-refractivity contribution in [2.45, 2.75) is 17.9 Å². The van der Waals surface area contributed by atoms with E-state index in [-0.39, 0.29) is 0 Å². The molecule has 0 saturated carbocycles. The number of hydrogen-bond donors (Lipinski definition) is 2. The lowest BCUT2D eigenvalue weighted by Crippen LogP contribution is -2.35. The Kier molecular flexibility index (Phi) is 6.34. The first-order chi connectivity index (χ1) is 11.5. The van der Waals surface area contributed by atoms with Crippen LogP contribution in [0.15, 0.2) is 54.6 Å². The summed E-state index contributed by atoms with van der Waals surface area (Å²) in [6, 6.07) is 15.3. The summed E-state index contributed by atoms with van der Waals surface area (Å²) >= 11 is 0. The second-order valence-electron chi connectivity index (χ2n) is 5.12. The Hall–Kier alpha value is -2.38. The molecule has 0 bridgehead atoms. The van der Waals surface area contributed by atoms with Gasteiger partial charge < -0.3 is 15.2 Å². The van der Waals surface area contributed by atoms with Crippen molar-refractivity contribution in [1.29, 1.82) is 0 Å². The van der Waals surface area contributed by atoms with Gasteiger partial charge in [-0.05, 0) is 23.3 Å². The Morgan fingerprint density at radius 3 is 2.25 bits per heavy atom. The Bertz CT molecular complexity index is 735. The first kappa shape index (κ1) is 18.0. The van der Waals surface area contributed by atoms with E-state index in [1.54, 1.807) is 24.3 Å². The van der Waals surface area contributed by atoms with Crippen LogP contribution in [0.4, 0.5) is 0 Å². The lowest BCUT2D eigenvalue weighted by molar-refractivity contribution is -0.140. The summed E-state index contributed by atoms with van der Waals surface area (Å²) in [7, 11) is -1.92. The predicted octanol–water partition coefficient (Wildman–Crippen LogP) is 1.42. The zero-order chi connectivity index (χ0) is 17.5. The van der Waals surface area contributed by atoms with E-state index in [1.165, 1.54) is 0 Å². The molecular weight excluding hydrogens is 330 g/mol. The average Bonchev–Trinajstić information content (AvgIpc) is 2.60. The lowest BCUT2D eigenvalue weighted by atomic mass is 10.0. The van der Waals surface area contributed by atoms with Gasteiger partial charge in [0.05, 0.1) is 13.2 Å². The normalized spacial score (nSPS) is 13.3. The maximum Gasteiger partial charge on any atom is 0.325 e. The van der Waals surface area contributed by atoms with Crippen molar-refractivity contribution in [3.8, 4) is 5.75 Å². The second-order valence-corrected chi connectivity index (χ2v) is 6.25. The summed E-state index contributed by atoms with van der Waals surface area (Å²) < 4.78 is 32.7. The number of methoxy groups -OCH3 is 1. The molecule has 2 unspecified atom stereocenters. The van der Waals surface area contributed by atoms with E-state index < -0.39 is 28.0 Å². The molecule has 0 aliphatic heterocycles. The fraction of sp³-hybridized carbons (Fsp3) is 0.235. The Morgan fingerprint density at radius 1 is 1.08 bits per heavy atom. The topological polar surface area (TPSA) is 95.7 Å². The van der Waals surface area contributed by atoms with Gasteiger partial charge in [-0.3, -0.25) is 4.79 Å². The van der Waals surface area contributed by atoms with Crippen LogP contribution in [-0.2, 0) is 26.8 Å². The molecule has 6 nitrogen and oxygen atoms in total. The minimum atomic E-state index is -3.05. The number of nitrogens with two attached hydrogens (primary N) is 1. The summed E-state index contributed by atoms with van der Waals surface area (Å²) in [5.74, 6) is -0.251. The van der Waals surface area contributed by atoms with Crippen molar-refractivity contribution < 1.29 is 22.7 Å². The van der Waals surface area contributed by atoms with Gasteiger partial charge >= 0.3 is 5.97 Å². The molecule has 0 aromatic heterocycles. The van der Waals surface area contributed by atoms with Crippen LogP contribution in [0.2, 0.25) is 0 Å². The fourth-order valence-electron chi connectivity index (χ4n) is 2.19. The van der Waals surface area contributed by atoms with E-state index >= 15 is 0 Å². The highest BCUT2D eigenvalue weighted by Crippen LogP contribution is 2.21. The van der Waals surface area contributed by atoms with Gasteiger partial charge in [0.1, 0.15) is 12.4 Å². The molecule has 0 amide bonds. The van der Waals surface area contributed by atoms with E-state index in [0.29, 0.717) is 17.9 Å². The summed E-state index contributed by atoms with van der Waals surface area (Å²) in [6.07, 6.45) is 0. The van der Waals surface area contributed by atoms with Gasteiger partial charge in [-0.1, -0.05) is 42.5 Å². The van der Waals surface area contributed by atoms with Crippen molar-refractivity contribution in [2.75, 3.05) is 7.11 Å². The second kappa shape index (κ2) is 8.47. The number of hydrogen-bond acceptors (Lipinski definition) is 6. The molecule has 2 rings (SSSR count). The van der Waals surface area contributed by atoms with Gasteiger partial charge in [-0.2, -0.15) is 0 Å². The van der Waals surface area contributed by atoms with Gasteiger partial charge in [0.2, 0.25) is 0 Å². The third kappa shape index (κ3) is 4.56. The van der Waals surface area contributed by atoms with Crippen LogP contribution in [0.25, 0.3) is 0 Å². The zero-order valence-electron chi connectivity index (χ0n) is 13.1. The van der Waals surface area contributed by atoms with Crippen LogP contribution in [-0.4, -0.2) is 26.7 Å². The van der Waals surface area contributed by atoms with Crippen molar-refractivity contribution in [1.82, 2.24) is 0 Å². The first-order valence-corrected chi connectivity index (χ1v) is 8.51. The minimum Gasteiger partial charge on any atom is -0.489 e. The maximum atomic E-state index is 11.6. The van der Waals surface area contributed by atoms with Gasteiger partial charge in [0, 0.05) is 0 Å². The van der Waals surface area contributed by atoms with E-state index in [9.17, 15) is 13.2 Å². The highest BCUT2D eigenvalue weighted by atomic mass is 32.2. The van der Waals surface area contributed by atoms with Gasteiger partial charge in [0.15, 0.2) is 16.0 Å². The number of esters is 1. The minimum absolute atomic E-state index is 0.420. The molecule has 2 aromatic carbocycles. The fourth-order valence-corrected chi connectivity index (χ4v) is 2.91. The van der Waals surface area contributed by atoms with E-state index in [4.69, 9.17) is 10.5 Å². The molecule has 0 aliphatic rings. The molecule has 0 heterocycles. The molecule has 0 radical (unpaired) electrons. The molecule has 24 heavy (non-hydrogen) atoms. The van der Waals surface area contributed by atoms with Crippen LogP contribution >= 0.6 is 0 Å². The highest BCUT2D eigenvalue weighted by Gasteiger charge is 2.30. The van der Waals surface area contributed by atoms with Crippen LogP contribution in [0, 0.1) is 0 Å². The van der Waals surface area contributed by atoms with Crippen molar-refractivity contribution in [3.63, 3.8) is 0 Å². The maximum absolute atomic E-state index is 11.6. The van der Waals surface area contributed by atoms with Crippen LogP contribution in [0.1, 0.15) is 17.2 Å². The number of benzene rings is 2. The van der Waals surface area contributed by atoms with E-state index in [1.807, 2.05) is 30.3 Å². The zero-order valence-corrected chi connectivity index (χ0v) is 14.0. The molecule has 128 valence electrons.